The number of rotatable bonds is 5. The molecule has 0 fully saturated rings. The van der Waals surface area contributed by atoms with Crippen LogP contribution >= 0.6 is 0 Å². The Labute approximate surface area is 130 Å². The van der Waals surface area contributed by atoms with E-state index in [0.717, 1.165) is 12.1 Å². The highest BCUT2D eigenvalue weighted by molar-refractivity contribution is 5.96. The molecule has 0 unspecified atom stereocenters. The standard InChI is InChI=1S/C18H19N3O/c1-3-14-7-9-16(10-8-14)20-13(2)18(22)21-17-6-4-5-15(11-17)12-19/h4-11,13,20H,3H2,1-2H3,(H,21,22)/t13-/m1/s1. The molecule has 2 N–H and O–H groups in total. The normalized spacial score (nSPS) is 11.3. The molecule has 2 rings (SSSR count). The number of nitriles is 1. The van der Waals surface area contributed by atoms with E-state index in [4.69, 9.17) is 5.26 Å². The molecule has 4 nitrogen and oxygen atoms in total. The highest BCUT2D eigenvalue weighted by Gasteiger charge is 2.12. The minimum Gasteiger partial charge on any atom is -0.374 e. The van der Waals surface area contributed by atoms with Gasteiger partial charge in [0.25, 0.3) is 0 Å². The maximum absolute atomic E-state index is 12.2. The maximum atomic E-state index is 12.2. The lowest BCUT2D eigenvalue weighted by Gasteiger charge is -2.15. The number of nitrogens with one attached hydrogen (secondary N) is 2. The van der Waals surface area contributed by atoms with Crippen LogP contribution in [-0.4, -0.2) is 11.9 Å². The third-order valence-corrected chi connectivity index (χ3v) is 3.40. The summed E-state index contributed by atoms with van der Waals surface area (Å²) in [6.45, 7) is 3.91. The summed E-state index contributed by atoms with van der Waals surface area (Å²) in [4.78, 5) is 12.2. The topological polar surface area (TPSA) is 64.9 Å². The molecule has 0 radical (unpaired) electrons. The average molecular weight is 293 g/mol. The van der Waals surface area contributed by atoms with Crippen LogP contribution in [0.1, 0.15) is 25.0 Å². The Morgan fingerprint density at radius 1 is 1.18 bits per heavy atom. The molecule has 0 bridgehead atoms. The van der Waals surface area contributed by atoms with Crippen molar-refractivity contribution >= 4 is 17.3 Å². The second-order valence-electron chi connectivity index (χ2n) is 5.10. The van der Waals surface area contributed by atoms with Crippen LogP contribution in [0.5, 0.6) is 0 Å². The Kier molecular flexibility index (Phi) is 5.16. The van der Waals surface area contributed by atoms with Gasteiger partial charge in [-0.3, -0.25) is 4.79 Å². The lowest BCUT2D eigenvalue weighted by atomic mass is 10.1. The molecule has 2 aromatic rings. The fourth-order valence-electron chi connectivity index (χ4n) is 2.07. The Bertz CT molecular complexity index is 686. The molecular weight excluding hydrogens is 274 g/mol. The Hall–Kier alpha value is -2.80. The first-order chi connectivity index (χ1) is 10.6. The van der Waals surface area contributed by atoms with E-state index in [1.165, 1.54) is 5.56 Å². The van der Waals surface area contributed by atoms with Gasteiger partial charge in [-0.2, -0.15) is 5.26 Å². The van der Waals surface area contributed by atoms with Gasteiger partial charge in [0, 0.05) is 11.4 Å². The molecule has 112 valence electrons. The van der Waals surface area contributed by atoms with Crippen LogP contribution in [0.25, 0.3) is 0 Å². The van der Waals surface area contributed by atoms with Crippen molar-refractivity contribution in [3.05, 3.63) is 59.7 Å². The van der Waals surface area contributed by atoms with E-state index in [-0.39, 0.29) is 11.9 Å². The monoisotopic (exact) mass is 293 g/mol. The smallest absolute Gasteiger partial charge is 0.246 e. The van der Waals surface area contributed by atoms with Gasteiger partial charge in [-0.15, -0.1) is 0 Å². The largest absolute Gasteiger partial charge is 0.374 e. The highest BCUT2D eigenvalue weighted by atomic mass is 16.2. The third kappa shape index (κ3) is 4.10. The first kappa shape index (κ1) is 15.6. The maximum Gasteiger partial charge on any atom is 0.246 e. The minimum absolute atomic E-state index is 0.144. The lowest BCUT2D eigenvalue weighted by Crippen LogP contribution is -2.31. The fourth-order valence-corrected chi connectivity index (χ4v) is 2.07. The van der Waals surface area contributed by atoms with E-state index >= 15 is 0 Å². The van der Waals surface area contributed by atoms with E-state index in [1.54, 1.807) is 31.2 Å². The summed E-state index contributed by atoms with van der Waals surface area (Å²) in [7, 11) is 0. The summed E-state index contributed by atoms with van der Waals surface area (Å²) in [6, 6.07) is 16.6. The second kappa shape index (κ2) is 7.28. The minimum atomic E-state index is -0.377. The number of carbonyl (C=O) groups is 1. The summed E-state index contributed by atoms with van der Waals surface area (Å²) < 4.78 is 0. The van der Waals surface area contributed by atoms with Crippen molar-refractivity contribution in [2.75, 3.05) is 10.6 Å². The number of anilines is 2. The molecule has 0 heterocycles. The number of nitrogens with zero attached hydrogens (tertiary/aromatic N) is 1. The molecule has 0 aliphatic heterocycles. The summed E-state index contributed by atoms with van der Waals surface area (Å²) in [6.07, 6.45) is 0.992. The Morgan fingerprint density at radius 2 is 1.91 bits per heavy atom. The van der Waals surface area contributed by atoms with Gasteiger partial charge in [-0.1, -0.05) is 25.1 Å². The molecular formula is C18H19N3O. The van der Waals surface area contributed by atoms with Gasteiger partial charge in [-0.05, 0) is 49.2 Å². The summed E-state index contributed by atoms with van der Waals surface area (Å²) >= 11 is 0. The quantitative estimate of drug-likeness (QED) is 0.886. The predicted octanol–water partition coefficient (Wildman–Crippen LogP) is 3.56. The third-order valence-electron chi connectivity index (χ3n) is 3.40. The van der Waals surface area contributed by atoms with Gasteiger partial charge in [0.05, 0.1) is 11.6 Å². The van der Waals surface area contributed by atoms with E-state index < -0.39 is 0 Å². The molecule has 1 amide bonds. The van der Waals surface area contributed by atoms with E-state index in [1.807, 2.05) is 24.3 Å². The molecule has 0 saturated carbocycles. The molecule has 0 spiro atoms. The molecule has 22 heavy (non-hydrogen) atoms. The number of hydrogen-bond acceptors (Lipinski definition) is 3. The van der Waals surface area contributed by atoms with Gasteiger partial charge in [0.2, 0.25) is 5.91 Å². The van der Waals surface area contributed by atoms with E-state index in [9.17, 15) is 4.79 Å². The SMILES string of the molecule is CCc1ccc(N[C@H](C)C(=O)Nc2cccc(C#N)c2)cc1. The van der Waals surface area contributed by atoms with Crippen LogP contribution in [0, 0.1) is 11.3 Å². The van der Waals surface area contributed by atoms with Gasteiger partial charge < -0.3 is 10.6 Å². The lowest BCUT2D eigenvalue weighted by molar-refractivity contribution is -0.116. The zero-order valence-corrected chi connectivity index (χ0v) is 12.8. The molecule has 1 atom stereocenters. The fraction of sp³-hybridized carbons (Fsp3) is 0.222. The zero-order chi connectivity index (χ0) is 15.9. The summed E-state index contributed by atoms with van der Waals surface area (Å²) in [5.41, 5.74) is 3.31. The van der Waals surface area contributed by atoms with Crippen LogP contribution in [0.2, 0.25) is 0 Å². The van der Waals surface area contributed by atoms with Gasteiger partial charge in [-0.25, -0.2) is 0 Å². The van der Waals surface area contributed by atoms with Crippen molar-refractivity contribution in [1.29, 1.82) is 5.26 Å². The van der Waals surface area contributed by atoms with Gasteiger partial charge in [0.15, 0.2) is 0 Å². The number of benzene rings is 2. The molecule has 0 aromatic heterocycles. The highest BCUT2D eigenvalue weighted by Crippen LogP contribution is 2.13. The first-order valence-electron chi connectivity index (χ1n) is 7.29. The first-order valence-corrected chi connectivity index (χ1v) is 7.29. The Morgan fingerprint density at radius 3 is 2.55 bits per heavy atom. The van der Waals surface area contributed by atoms with Crippen LogP contribution in [0.4, 0.5) is 11.4 Å². The number of amides is 1. The van der Waals surface area contributed by atoms with Crippen molar-refractivity contribution in [1.82, 2.24) is 0 Å². The molecule has 4 heteroatoms. The van der Waals surface area contributed by atoms with Crippen LogP contribution in [0.3, 0.4) is 0 Å². The average Bonchev–Trinajstić information content (AvgIpc) is 2.55. The van der Waals surface area contributed by atoms with Crippen LogP contribution < -0.4 is 10.6 Å². The molecule has 2 aromatic carbocycles. The zero-order valence-electron chi connectivity index (χ0n) is 12.8. The predicted molar refractivity (Wildman–Crippen MR) is 88.7 cm³/mol. The van der Waals surface area contributed by atoms with Crippen molar-refractivity contribution in [2.24, 2.45) is 0 Å². The Balaban J connectivity index is 1.97. The molecule has 0 saturated heterocycles. The molecule has 0 aliphatic rings. The number of aryl methyl sites for hydroxylation is 1. The van der Waals surface area contributed by atoms with Crippen molar-refractivity contribution < 1.29 is 4.79 Å². The summed E-state index contributed by atoms with van der Waals surface area (Å²) in [5, 5.41) is 14.8. The summed E-state index contributed by atoms with van der Waals surface area (Å²) in [5.74, 6) is -0.144. The molecule has 0 aliphatic carbocycles. The van der Waals surface area contributed by atoms with Crippen molar-refractivity contribution in [2.45, 2.75) is 26.3 Å². The van der Waals surface area contributed by atoms with Gasteiger partial charge >= 0.3 is 0 Å². The van der Waals surface area contributed by atoms with Gasteiger partial charge in [0.1, 0.15) is 6.04 Å². The number of hydrogen-bond donors (Lipinski definition) is 2. The van der Waals surface area contributed by atoms with Crippen LogP contribution in [-0.2, 0) is 11.2 Å². The van der Waals surface area contributed by atoms with Crippen molar-refractivity contribution in [3.63, 3.8) is 0 Å². The second-order valence-corrected chi connectivity index (χ2v) is 5.10. The van der Waals surface area contributed by atoms with Crippen LogP contribution in [0.15, 0.2) is 48.5 Å². The number of carbonyl (C=O) groups excluding carboxylic acids is 1. The van der Waals surface area contributed by atoms with Crippen molar-refractivity contribution in [3.8, 4) is 6.07 Å². The van der Waals surface area contributed by atoms with E-state index in [2.05, 4.69) is 23.6 Å². The van der Waals surface area contributed by atoms with E-state index in [0.29, 0.717) is 11.3 Å².